The fourth-order valence-electron chi connectivity index (χ4n) is 2.29. The molecule has 8 nitrogen and oxygen atoms in total. The highest BCUT2D eigenvalue weighted by molar-refractivity contribution is 7.93. The summed E-state index contributed by atoms with van der Waals surface area (Å²) in [4.78, 5) is 21.2. The first-order chi connectivity index (χ1) is 11.7. The van der Waals surface area contributed by atoms with E-state index in [1.54, 1.807) is 19.1 Å². The van der Waals surface area contributed by atoms with E-state index in [1.165, 1.54) is 31.2 Å². The van der Waals surface area contributed by atoms with Crippen molar-refractivity contribution in [1.82, 2.24) is 0 Å². The van der Waals surface area contributed by atoms with Crippen LogP contribution >= 0.6 is 0 Å². The fraction of sp³-hybridized carbons (Fsp3) is 0.188. The number of aliphatic carboxylic acids is 1. The predicted molar refractivity (Wildman–Crippen MR) is 91.0 cm³/mol. The average molecular weight is 364 g/mol. The molecule has 0 heterocycles. The molecule has 0 aromatic heterocycles. The molecule has 1 atom stereocenters. The largest absolute Gasteiger partial charge is 0.480 e. The number of nitro benzene ring substituents is 1. The van der Waals surface area contributed by atoms with Crippen LogP contribution in [0, 0.1) is 17.0 Å². The number of hydrogen-bond donors (Lipinski definition) is 1. The number of benzene rings is 2. The molecule has 0 aliphatic carbocycles. The quantitative estimate of drug-likeness (QED) is 0.622. The van der Waals surface area contributed by atoms with Crippen molar-refractivity contribution in [3.05, 3.63) is 64.2 Å². The predicted octanol–water partition coefficient (Wildman–Crippen LogP) is 2.57. The standard InChI is InChI=1S/C16H16N2O6S/c1-11-7-9-13(10-8-11)17(12(2)16(19)20)25(23,24)15-6-4-3-5-14(15)18(21)22/h3-10,12H,1-2H3,(H,19,20). The van der Waals surface area contributed by atoms with E-state index >= 15 is 0 Å². The van der Waals surface area contributed by atoms with Crippen LogP contribution in [-0.4, -0.2) is 30.5 Å². The molecule has 0 radical (unpaired) electrons. The van der Waals surface area contributed by atoms with Gasteiger partial charge in [-0.15, -0.1) is 0 Å². The number of nitro groups is 1. The molecule has 0 saturated carbocycles. The number of para-hydroxylation sites is 1. The first-order valence-corrected chi connectivity index (χ1v) is 8.67. The zero-order valence-electron chi connectivity index (χ0n) is 13.5. The molecule has 0 aliphatic heterocycles. The Morgan fingerprint density at radius 2 is 1.72 bits per heavy atom. The lowest BCUT2D eigenvalue weighted by molar-refractivity contribution is -0.387. The normalized spacial score (nSPS) is 12.4. The summed E-state index contributed by atoms with van der Waals surface area (Å²) in [5, 5.41) is 20.5. The van der Waals surface area contributed by atoms with E-state index < -0.39 is 37.5 Å². The molecule has 1 unspecified atom stereocenters. The summed E-state index contributed by atoms with van der Waals surface area (Å²) in [5.41, 5.74) is 0.352. The van der Waals surface area contributed by atoms with Crippen molar-refractivity contribution in [2.45, 2.75) is 24.8 Å². The lowest BCUT2D eigenvalue weighted by Crippen LogP contribution is -2.43. The van der Waals surface area contributed by atoms with Crippen LogP contribution in [0.5, 0.6) is 0 Å². The minimum Gasteiger partial charge on any atom is -0.480 e. The van der Waals surface area contributed by atoms with Gasteiger partial charge in [0, 0.05) is 6.07 Å². The highest BCUT2D eigenvalue weighted by Gasteiger charge is 2.37. The Kier molecular flexibility index (Phi) is 5.07. The van der Waals surface area contributed by atoms with Crippen molar-refractivity contribution in [3.8, 4) is 0 Å². The third-order valence-electron chi connectivity index (χ3n) is 3.60. The Morgan fingerprint density at radius 3 is 2.24 bits per heavy atom. The SMILES string of the molecule is Cc1ccc(N(C(C)C(=O)O)S(=O)(=O)c2ccccc2[N+](=O)[O-])cc1. The first-order valence-electron chi connectivity index (χ1n) is 7.23. The summed E-state index contributed by atoms with van der Waals surface area (Å²) >= 11 is 0. The van der Waals surface area contributed by atoms with Gasteiger partial charge in [0.05, 0.1) is 10.6 Å². The molecule has 0 bridgehead atoms. The number of carboxylic acid groups (broad SMARTS) is 1. The van der Waals surface area contributed by atoms with Crippen molar-refractivity contribution in [3.63, 3.8) is 0 Å². The lowest BCUT2D eigenvalue weighted by atomic mass is 10.2. The molecule has 2 aromatic carbocycles. The Labute approximate surface area is 144 Å². The molecule has 2 aromatic rings. The zero-order valence-corrected chi connectivity index (χ0v) is 14.3. The summed E-state index contributed by atoms with van der Waals surface area (Å²) in [5.74, 6) is -1.37. The molecule has 25 heavy (non-hydrogen) atoms. The second-order valence-electron chi connectivity index (χ2n) is 5.38. The Balaban J connectivity index is 2.70. The molecule has 2 rings (SSSR count). The van der Waals surface area contributed by atoms with Crippen molar-refractivity contribution in [1.29, 1.82) is 0 Å². The van der Waals surface area contributed by atoms with Crippen LogP contribution < -0.4 is 4.31 Å². The first kappa shape index (κ1) is 18.4. The van der Waals surface area contributed by atoms with Gasteiger partial charge in [0.25, 0.3) is 15.7 Å². The molecule has 9 heteroatoms. The van der Waals surface area contributed by atoms with E-state index in [0.717, 1.165) is 17.7 Å². The van der Waals surface area contributed by atoms with Crippen LogP contribution in [0.2, 0.25) is 0 Å². The molecule has 0 spiro atoms. The van der Waals surface area contributed by atoms with Gasteiger partial charge < -0.3 is 5.11 Å². The van der Waals surface area contributed by atoms with Crippen LogP contribution in [0.25, 0.3) is 0 Å². The molecular weight excluding hydrogens is 348 g/mol. The van der Waals surface area contributed by atoms with E-state index in [0.29, 0.717) is 4.31 Å². The molecule has 0 amide bonds. The minimum absolute atomic E-state index is 0.110. The second-order valence-corrected chi connectivity index (χ2v) is 7.16. The van der Waals surface area contributed by atoms with Gasteiger partial charge in [-0.2, -0.15) is 0 Å². The number of rotatable bonds is 6. The number of hydrogen-bond acceptors (Lipinski definition) is 5. The smallest absolute Gasteiger partial charge is 0.327 e. The Bertz CT molecular complexity index is 908. The Morgan fingerprint density at radius 1 is 1.16 bits per heavy atom. The van der Waals surface area contributed by atoms with Gasteiger partial charge in [-0.3, -0.25) is 14.4 Å². The maximum Gasteiger partial charge on any atom is 0.327 e. The van der Waals surface area contributed by atoms with Crippen LogP contribution in [0.4, 0.5) is 11.4 Å². The minimum atomic E-state index is -4.48. The molecule has 1 N–H and O–H groups in total. The molecule has 132 valence electrons. The number of nitrogens with zero attached hydrogens (tertiary/aromatic N) is 2. The highest BCUT2D eigenvalue weighted by Crippen LogP contribution is 2.31. The zero-order chi connectivity index (χ0) is 18.8. The van der Waals surface area contributed by atoms with Crippen LogP contribution in [0.1, 0.15) is 12.5 Å². The number of carbonyl (C=O) groups is 1. The number of sulfonamides is 1. The average Bonchev–Trinajstić information content (AvgIpc) is 2.56. The van der Waals surface area contributed by atoms with Crippen molar-refractivity contribution >= 4 is 27.4 Å². The van der Waals surface area contributed by atoms with Gasteiger partial charge in [-0.05, 0) is 32.0 Å². The third-order valence-corrected chi connectivity index (χ3v) is 5.54. The van der Waals surface area contributed by atoms with Crippen molar-refractivity contribution in [2.75, 3.05) is 4.31 Å². The van der Waals surface area contributed by atoms with Crippen LogP contribution in [-0.2, 0) is 14.8 Å². The number of carboxylic acids is 1. The van der Waals surface area contributed by atoms with Crippen LogP contribution in [0.3, 0.4) is 0 Å². The van der Waals surface area contributed by atoms with Gasteiger partial charge in [-0.25, -0.2) is 13.2 Å². The number of aryl methyl sites for hydroxylation is 1. The van der Waals surface area contributed by atoms with Crippen molar-refractivity contribution in [2.24, 2.45) is 0 Å². The molecule has 0 saturated heterocycles. The third kappa shape index (κ3) is 3.61. The summed E-state index contributed by atoms with van der Waals surface area (Å²) in [7, 11) is -4.48. The maximum atomic E-state index is 13.0. The van der Waals surface area contributed by atoms with E-state index in [4.69, 9.17) is 0 Å². The summed E-state index contributed by atoms with van der Waals surface area (Å²) in [6.45, 7) is 3.00. The molecular formula is C16H16N2O6S. The number of anilines is 1. The second kappa shape index (κ2) is 6.89. The summed E-state index contributed by atoms with van der Waals surface area (Å²) in [6, 6.07) is 9.56. The van der Waals surface area contributed by atoms with Gasteiger partial charge in [-0.1, -0.05) is 29.8 Å². The summed E-state index contributed by atoms with van der Waals surface area (Å²) in [6.07, 6.45) is 0. The van der Waals surface area contributed by atoms with Gasteiger partial charge in [0.15, 0.2) is 4.90 Å². The molecule has 0 fully saturated rings. The van der Waals surface area contributed by atoms with E-state index in [2.05, 4.69) is 0 Å². The van der Waals surface area contributed by atoms with E-state index in [-0.39, 0.29) is 5.69 Å². The highest BCUT2D eigenvalue weighted by atomic mass is 32.2. The maximum absolute atomic E-state index is 13.0. The van der Waals surface area contributed by atoms with Crippen molar-refractivity contribution < 1.29 is 23.2 Å². The summed E-state index contributed by atoms with van der Waals surface area (Å²) < 4.78 is 26.8. The van der Waals surface area contributed by atoms with Gasteiger partial charge in [0.1, 0.15) is 6.04 Å². The van der Waals surface area contributed by atoms with Crippen LogP contribution in [0.15, 0.2) is 53.4 Å². The fourth-order valence-corrected chi connectivity index (χ4v) is 4.07. The lowest BCUT2D eigenvalue weighted by Gasteiger charge is -2.27. The van der Waals surface area contributed by atoms with Gasteiger partial charge >= 0.3 is 5.97 Å². The monoisotopic (exact) mass is 364 g/mol. The van der Waals surface area contributed by atoms with Gasteiger partial charge in [0.2, 0.25) is 0 Å². The van der Waals surface area contributed by atoms with E-state index in [9.17, 15) is 28.4 Å². The Hall–Kier alpha value is -2.94. The molecule has 0 aliphatic rings. The topological polar surface area (TPSA) is 118 Å². The van der Waals surface area contributed by atoms with E-state index in [1.807, 2.05) is 0 Å².